The van der Waals surface area contributed by atoms with Crippen molar-refractivity contribution in [2.75, 3.05) is 17.6 Å². The first-order chi connectivity index (χ1) is 11.5. The van der Waals surface area contributed by atoms with E-state index in [0.717, 1.165) is 5.52 Å². The van der Waals surface area contributed by atoms with E-state index < -0.39 is 15.9 Å². The average Bonchev–Trinajstić information content (AvgIpc) is 3.13. The second-order valence-corrected chi connectivity index (χ2v) is 8.30. The molecule has 3 N–H and O–H groups in total. The van der Waals surface area contributed by atoms with E-state index in [2.05, 4.69) is 15.6 Å². The Balaban J connectivity index is 1.67. The third-order valence-electron chi connectivity index (χ3n) is 3.56. The molecule has 0 spiro atoms. The third-order valence-corrected chi connectivity index (χ3v) is 6.23. The number of aryl methyl sites for hydroxylation is 1. The molecular formula is C16H17N3O3S2. The minimum atomic E-state index is -3.50. The molecule has 126 valence electrons. The molecule has 0 saturated heterocycles. The Morgan fingerprint density at radius 3 is 2.75 bits per heavy atom. The van der Waals surface area contributed by atoms with Crippen molar-refractivity contribution < 1.29 is 13.2 Å². The molecule has 2 amide bonds. The first-order valence-electron chi connectivity index (χ1n) is 7.36. The van der Waals surface area contributed by atoms with Gasteiger partial charge in [0.25, 0.3) is 0 Å². The van der Waals surface area contributed by atoms with Crippen molar-refractivity contribution in [2.45, 2.75) is 11.8 Å². The number of hydrogen-bond donors (Lipinski definition) is 3. The maximum Gasteiger partial charge on any atom is 0.319 e. The highest BCUT2D eigenvalue weighted by Gasteiger charge is 2.22. The zero-order chi connectivity index (χ0) is 17.2. The monoisotopic (exact) mass is 363 g/mol. The lowest BCUT2D eigenvalue weighted by Crippen LogP contribution is -2.32. The van der Waals surface area contributed by atoms with Crippen LogP contribution in [0.3, 0.4) is 0 Å². The fourth-order valence-corrected chi connectivity index (χ4v) is 4.78. The Kier molecular flexibility index (Phi) is 4.59. The molecule has 0 aliphatic rings. The first-order valence-corrected chi connectivity index (χ1v) is 9.89. The number of H-pyrrole nitrogens is 1. The number of aromatic amines is 1. The molecule has 6 nitrogen and oxygen atoms in total. The molecule has 0 atom stereocenters. The van der Waals surface area contributed by atoms with Crippen molar-refractivity contribution in [3.8, 4) is 0 Å². The molecule has 0 radical (unpaired) electrons. The summed E-state index contributed by atoms with van der Waals surface area (Å²) in [4.78, 5) is 15.1. The van der Waals surface area contributed by atoms with Crippen molar-refractivity contribution >= 4 is 43.1 Å². The fourth-order valence-electron chi connectivity index (χ4n) is 2.56. The molecule has 3 aromatic rings. The van der Waals surface area contributed by atoms with Gasteiger partial charge in [-0.2, -0.15) is 0 Å². The van der Waals surface area contributed by atoms with E-state index in [1.165, 1.54) is 11.3 Å². The Hall–Kier alpha value is -2.32. The number of carbonyl (C=O) groups excluding carboxylic acids is 1. The molecular weight excluding hydrogens is 346 g/mol. The van der Waals surface area contributed by atoms with Crippen LogP contribution in [0.15, 0.2) is 46.7 Å². The number of fused-ring (bicyclic) bond motifs is 1. The molecule has 0 unspecified atom stereocenters. The number of nitrogens with one attached hydrogen (secondary N) is 3. The molecule has 0 saturated carbocycles. The van der Waals surface area contributed by atoms with Gasteiger partial charge < -0.3 is 10.3 Å². The number of hydrogen-bond acceptors (Lipinski definition) is 4. The van der Waals surface area contributed by atoms with E-state index in [-0.39, 0.29) is 12.3 Å². The van der Waals surface area contributed by atoms with Gasteiger partial charge in [-0.05, 0) is 30.5 Å². The van der Waals surface area contributed by atoms with E-state index in [1.807, 2.05) is 23.6 Å². The fraction of sp³-hybridized carbons (Fsp3) is 0.188. The molecule has 0 fully saturated rings. The van der Waals surface area contributed by atoms with Crippen molar-refractivity contribution in [1.82, 2.24) is 10.3 Å². The first kappa shape index (κ1) is 16.5. The summed E-state index contributed by atoms with van der Waals surface area (Å²) in [7, 11) is -3.50. The van der Waals surface area contributed by atoms with Crippen molar-refractivity contribution in [1.29, 1.82) is 0 Å². The highest BCUT2D eigenvalue weighted by Crippen LogP contribution is 2.27. The predicted octanol–water partition coefficient (Wildman–Crippen LogP) is 3.13. The van der Waals surface area contributed by atoms with E-state index >= 15 is 0 Å². The van der Waals surface area contributed by atoms with E-state index in [9.17, 15) is 13.2 Å². The number of benzene rings is 1. The summed E-state index contributed by atoms with van der Waals surface area (Å²) < 4.78 is 25.3. The number of aromatic nitrogens is 1. The summed E-state index contributed by atoms with van der Waals surface area (Å²) in [5.74, 6) is -0.159. The van der Waals surface area contributed by atoms with Crippen LogP contribution in [0.5, 0.6) is 0 Å². The van der Waals surface area contributed by atoms with Gasteiger partial charge in [0, 0.05) is 23.1 Å². The lowest BCUT2D eigenvalue weighted by molar-refractivity contribution is 0.252. The van der Waals surface area contributed by atoms with Crippen LogP contribution >= 0.6 is 11.3 Å². The van der Waals surface area contributed by atoms with Crippen LogP contribution in [0.4, 0.5) is 9.80 Å². The molecule has 2 aromatic heterocycles. The highest BCUT2D eigenvalue weighted by atomic mass is 32.2. The summed E-state index contributed by atoms with van der Waals surface area (Å²) in [6, 6.07) is 10.5. The molecule has 0 bridgehead atoms. The minimum Gasteiger partial charge on any atom is -0.358 e. The maximum atomic E-state index is 12.6. The molecule has 8 heteroatoms. The van der Waals surface area contributed by atoms with E-state index in [0.29, 0.717) is 21.0 Å². The van der Waals surface area contributed by atoms with Crippen molar-refractivity contribution in [2.24, 2.45) is 0 Å². The van der Waals surface area contributed by atoms with Crippen LogP contribution in [-0.2, 0) is 9.84 Å². The van der Waals surface area contributed by atoms with Crippen LogP contribution < -0.4 is 10.6 Å². The third kappa shape index (κ3) is 3.44. The van der Waals surface area contributed by atoms with Crippen LogP contribution in [0.25, 0.3) is 10.9 Å². The smallest absolute Gasteiger partial charge is 0.319 e. The minimum absolute atomic E-state index is 0.0402. The Morgan fingerprint density at radius 1 is 1.21 bits per heavy atom. The van der Waals surface area contributed by atoms with Crippen LogP contribution in [0.2, 0.25) is 0 Å². The zero-order valence-electron chi connectivity index (χ0n) is 13.0. The van der Waals surface area contributed by atoms with Gasteiger partial charge >= 0.3 is 6.03 Å². The predicted molar refractivity (Wildman–Crippen MR) is 96.4 cm³/mol. The maximum absolute atomic E-state index is 12.6. The second-order valence-electron chi connectivity index (χ2n) is 5.30. The second kappa shape index (κ2) is 6.66. The largest absolute Gasteiger partial charge is 0.358 e. The molecule has 0 aliphatic carbocycles. The lowest BCUT2D eigenvalue weighted by Gasteiger charge is -2.07. The van der Waals surface area contributed by atoms with Gasteiger partial charge in [-0.25, -0.2) is 13.2 Å². The zero-order valence-corrected chi connectivity index (χ0v) is 14.6. The number of amides is 2. The van der Waals surface area contributed by atoms with Gasteiger partial charge in [0.1, 0.15) is 0 Å². The van der Waals surface area contributed by atoms with Crippen molar-refractivity contribution in [3.63, 3.8) is 0 Å². The van der Waals surface area contributed by atoms with Gasteiger partial charge in [-0.1, -0.05) is 18.2 Å². The molecule has 24 heavy (non-hydrogen) atoms. The van der Waals surface area contributed by atoms with Crippen LogP contribution in [0.1, 0.15) is 5.69 Å². The number of para-hydroxylation sites is 1. The van der Waals surface area contributed by atoms with Gasteiger partial charge in [0.05, 0.1) is 15.6 Å². The Morgan fingerprint density at radius 2 is 2.00 bits per heavy atom. The van der Waals surface area contributed by atoms with Gasteiger partial charge in [0.15, 0.2) is 9.84 Å². The summed E-state index contributed by atoms with van der Waals surface area (Å²) >= 11 is 1.40. The average molecular weight is 363 g/mol. The standard InChI is InChI=1S/C16H17N3O3S2/c1-11-15(12-5-2-3-6-13(12)18-11)24(21,22)10-8-17-16(20)19-14-7-4-9-23-14/h2-7,9,18H,8,10H2,1H3,(H2,17,19,20). The number of rotatable bonds is 5. The highest BCUT2D eigenvalue weighted by molar-refractivity contribution is 7.91. The number of urea groups is 1. The number of sulfone groups is 1. The number of anilines is 1. The quantitative estimate of drug-likeness (QED) is 0.650. The lowest BCUT2D eigenvalue weighted by atomic mass is 10.2. The number of thiophene rings is 1. The van der Waals surface area contributed by atoms with Crippen LogP contribution in [-0.4, -0.2) is 31.7 Å². The molecule has 3 rings (SSSR count). The van der Waals surface area contributed by atoms with Gasteiger partial charge in [-0.15, -0.1) is 11.3 Å². The van der Waals surface area contributed by atoms with Gasteiger partial charge in [-0.3, -0.25) is 5.32 Å². The number of carbonyl (C=O) groups is 1. The summed E-state index contributed by atoms with van der Waals surface area (Å²) in [6.07, 6.45) is 0. The normalized spacial score (nSPS) is 11.5. The van der Waals surface area contributed by atoms with E-state index in [1.54, 1.807) is 25.1 Å². The van der Waals surface area contributed by atoms with Gasteiger partial charge in [0.2, 0.25) is 0 Å². The summed E-state index contributed by atoms with van der Waals surface area (Å²) in [6.45, 7) is 1.78. The van der Waals surface area contributed by atoms with Crippen molar-refractivity contribution in [3.05, 3.63) is 47.5 Å². The Labute approximate surface area is 143 Å². The topological polar surface area (TPSA) is 91.1 Å². The van der Waals surface area contributed by atoms with Crippen LogP contribution in [0, 0.1) is 6.92 Å². The Bertz CT molecular complexity index is 960. The van der Waals surface area contributed by atoms with E-state index in [4.69, 9.17) is 0 Å². The molecule has 2 heterocycles. The molecule has 1 aromatic carbocycles. The molecule has 0 aliphatic heterocycles. The summed E-state index contributed by atoms with van der Waals surface area (Å²) in [5.41, 5.74) is 1.40. The summed E-state index contributed by atoms with van der Waals surface area (Å²) in [5, 5.41) is 8.46. The SMILES string of the molecule is Cc1[nH]c2ccccc2c1S(=O)(=O)CCNC(=O)Nc1cccs1.